The van der Waals surface area contributed by atoms with Crippen LogP contribution in [0.15, 0.2) is 38.9 Å². The SMILES string of the molecule is C=[C](C(C)Nc1ccccc1Br)[Sn]([CH2]CCC)([CH2]CCC)[CH2]CCC. The van der Waals surface area contributed by atoms with E-state index >= 15 is 0 Å². The van der Waals surface area contributed by atoms with E-state index in [0.29, 0.717) is 6.04 Å². The van der Waals surface area contributed by atoms with Crippen LogP contribution in [0.3, 0.4) is 0 Å². The molecule has 1 N–H and O–H groups in total. The first kappa shape index (κ1) is 23.1. The van der Waals surface area contributed by atoms with Gasteiger partial charge in [-0.25, -0.2) is 0 Å². The molecule has 142 valence electrons. The van der Waals surface area contributed by atoms with E-state index in [1.807, 2.05) is 0 Å². The Morgan fingerprint density at radius 3 is 1.92 bits per heavy atom. The van der Waals surface area contributed by atoms with E-state index in [1.54, 1.807) is 3.59 Å². The molecule has 0 aliphatic carbocycles. The maximum absolute atomic E-state index is 4.73. The van der Waals surface area contributed by atoms with Gasteiger partial charge in [0.15, 0.2) is 0 Å². The molecular weight excluding hydrogens is 477 g/mol. The zero-order chi connectivity index (χ0) is 18.7. The molecule has 1 aromatic carbocycles. The van der Waals surface area contributed by atoms with Crippen LogP contribution in [0.25, 0.3) is 0 Å². The predicted molar refractivity (Wildman–Crippen MR) is 121 cm³/mol. The molecule has 1 nitrogen and oxygen atoms in total. The molecule has 0 amide bonds. The predicted octanol–water partition coefficient (Wildman–Crippen LogP) is 8.19. The Hall–Kier alpha value is 0.0387. The fourth-order valence-corrected chi connectivity index (χ4v) is 20.7. The molecule has 0 fully saturated rings. The van der Waals surface area contributed by atoms with Crippen molar-refractivity contribution in [3.05, 3.63) is 38.9 Å². The average Bonchev–Trinajstić information content (AvgIpc) is 2.62. The van der Waals surface area contributed by atoms with Gasteiger partial charge in [0.25, 0.3) is 0 Å². The molecule has 0 saturated heterocycles. The van der Waals surface area contributed by atoms with Crippen LogP contribution >= 0.6 is 15.9 Å². The number of halogens is 1. The van der Waals surface area contributed by atoms with Crippen LogP contribution in [-0.4, -0.2) is 24.4 Å². The minimum atomic E-state index is -2.37. The molecule has 0 aliphatic rings. The number of unbranched alkanes of at least 4 members (excludes halogenated alkanes) is 3. The summed E-state index contributed by atoms with van der Waals surface area (Å²) in [6.07, 6.45) is 8.13. The van der Waals surface area contributed by atoms with Crippen molar-refractivity contribution in [2.45, 2.75) is 85.6 Å². The quantitative estimate of drug-likeness (QED) is 0.261. The molecule has 1 rings (SSSR count). The number of hydrogen-bond donors (Lipinski definition) is 1. The van der Waals surface area contributed by atoms with Crippen molar-refractivity contribution in [2.24, 2.45) is 0 Å². The Bertz CT molecular complexity index is 493. The Kier molecular flexibility index (Phi) is 11.5. The zero-order valence-corrected chi connectivity index (χ0v) is 21.3. The summed E-state index contributed by atoms with van der Waals surface area (Å²) < 4.78 is 7.23. The molecule has 3 heteroatoms. The fraction of sp³-hybridized carbons (Fsp3) is 0.636. The molecular formula is C22H38BrNSn. The molecule has 0 bridgehead atoms. The summed E-state index contributed by atoms with van der Waals surface area (Å²) in [5, 5.41) is 3.75. The van der Waals surface area contributed by atoms with Crippen molar-refractivity contribution in [1.29, 1.82) is 0 Å². The summed E-state index contributed by atoms with van der Waals surface area (Å²) in [5.74, 6) is 0. The van der Waals surface area contributed by atoms with E-state index in [1.165, 1.54) is 57.5 Å². The number of hydrogen-bond acceptors (Lipinski definition) is 1. The van der Waals surface area contributed by atoms with Gasteiger partial charge in [-0.3, -0.25) is 0 Å². The van der Waals surface area contributed by atoms with Crippen LogP contribution in [0.1, 0.15) is 66.2 Å². The van der Waals surface area contributed by atoms with E-state index in [2.05, 4.69) is 73.2 Å². The molecule has 0 heterocycles. The van der Waals surface area contributed by atoms with Crippen LogP contribution in [0, 0.1) is 0 Å². The second kappa shape index (κ2) is 12.4. The van der Waals surface area contributed by atoms with Gasteiger partial charge in [0.1, 0.15) is 0 Å². The summed E-state index contributed by atoms with van der Waals surface area (Å²) in [7, 11) is 0. The fourth-order valence-electron chi connectivity index (χ4n) is 3.76. The van der Waals surface area contributed by atoms with E-state index in [-0.39, 0.29) is 0 Å². The molecule has 0 saturated carbocycles. The summed E-state index contributed by atoms with van der Waals surface area (Å²) >= 11 is 1.31. The zero-order valence-electron chi connectivity index (χ0n) is 16.8. The summed E-state index contributed by atoms with van der Waals surface area (Å²) in [4.78, 5) is 0. The Balaban J connectivity index is 2.99. The van der Waals surface area contributed by atoms with Crippen molar-refractivity contribution in [3.63, 3.8) is 0 Å². The average molecular weight is 515 g/mol. The monoisotopic (exact) mass is 515 g/mol. The number of benzene rings is 1. The molecule has 0 aromatic heterocycles. The van der Waals surface area contributed by atoms with Gasteiger partial charge in [-0.15, -0.1) is 0 Å². The second-order valence-corrected chi connectivity index (χ2v) is 21.7. The number of nitrogens with one attached hydrogen (secondary N) is 1. The van der Waals surface area contributed by atoms with Gasteiger partial charge >= 0.3 is 170 Å². The first-order valence-electron chi connectivity index (χ1n) is 10.2. The third-order valence-electron chi connectivity index (χ3n) is 5.48. The first-order valence-corrected chi connectivity index (χ1v) is 18.5. The molecule has 1 aromatic rings. The van der Waals surface area contributed by atoms with Gasteiger partial charge in [-0.05, 0) is 0 Å². The van der Waals surface area contributed by atoms with Gasteiger partial charge in [-0.2, -0.15) is 0 Å². The van der Waals surface area contributed by atoms with E-state index in [9.17, 15) is 0 Å². The number of para-hydroxylation sites is 1. The van der Waals surface area contributed by atoms with Crippen LogP contribution in [0.2, 0.25) is 13.3 Å². The van der Waals surface area contributed by atoms with Gasteiger partial charge in [0.05, 0.1) is 0 Å². The normalized spacial score (nSPS) is 12.8. The van der Waals surface area contributed by atoms with Gasteiger partial charge < -0.3 is 0 Å². The minimum absolute atomic E-state index is 0.375. The summed E-state index contributed by atoms with van der Waals surface area (Å²) in [5.41, 5.74) is 1.19. The summed E-state index contributed by atoms with van der Waals surface area (Å²) in [6, 6.07) is 8.82. The number of rotatable bonds is 13. The van der Waals surface area contributed by atoms with E-state index in [4.69, 9.17) is 6.58 Å². The molecule has 0 spiro atoms. The maximum atomic E-state index is 4.73. The summed E-state index contributed by atoms with van der Waals surface area (Å²) in [6.45, 7) is 14.1. The van der Waals surface area contributed by atoms with Gasteiger partial charge in [0, 0.05) is 0 Å². The second-order valence-electron chi connectivity index (χ2n) is 7.46. The third-order valence-corrected chi connectivity index (χ3v) is 22.5. The van der Waals surface area contributed by atoms with Crippen LogP contribution < -0.4 is 5.32 Å². The first-order chi connectivity index (χ1) is 12.0. The standard InChI is InChI=1S/C10H11BrN.3C4H9.Sn/c1-3-8(2)12-10-7-5-4-6-9(10)11;3*1-3-4-2;/h4-8,12H,1H2,2H3;3*1,3-4H2,2H3;. The molecule has 0 aliphatic heterocycles. The molecule has 1 atom stereocenters. The van der Waals surface area contributed by atoms with E-state index in [0.717, 1.165) is 4.47 Å². The Labute approximate surface area is 169 Å². The van der Waals surface area contributed by atoms with Gasteiger partial charge in [-0.1, -0.05) is 0 Å². The van der Waals surface area contributed by atoms with Crippen molar-refractivity contribution in [3.8, 4) is 0 Å². The van der Waals surface area contributed by atoms with Crippen molar-refractivity contribution in [2.75, 3.05) is 5.32 Å². The topological polar surface area (TPSA) is 12.0 Å². The molecule has 1 unspecified atom stereocenters. The number of anilines is 1. The van der Waals surface area contributed by atoms with E-state index < -0.39 is 18.4 Å². The van der Waals surface area contributed by atoms with Crippen molar-refractivity contribution >= 4 is 40.0 Å². The Morgan fingerprint density at radius 1 is 1.00 bits per heavy atom. The Morgan fingerprint density at radius 2 is 1.48 bits per heavy atom. The molecule has 25 heavy (non-hydrogen) atoms. The van der Waals surface area contributed by atoms with Crippen LogP contribution in [0.4, 0.5) is 5.69 Å². The van der Waals surface area contributed by atoms with Crippen molar-refractivity contribution in [1.82, 2.24) is 0 Å². The van der Waals surface area contributed by atoms with Crippen LogP contribution in [-0.2, 0) is 0 Å². The van der Waals surface area contributed by atoms with Crippen molar-refractivity contribution < 1.29 is 0 Å². The van der Waals surface area contributed by atoms with Crippen LogP contribution in [0.5, 0.6) is 0 Å². The van der Waals surface area contributed by atoms with Gasteiger partial charge in [0.2, 0.25) is 0 Å². The molecule has 0 radical (unpaired) electrons. The third kappa shape index (κ3) is 7.28.